The van der Waals surface area contributed by atoms with E-state index in [4.69, 9.17) is 0 Å². The third-order valence-corrected chi connectivity index (χ3v) is 3.16. The minimum Gasteiger partial charge on any atom is -0.507 e. The molecule has 1 N–H and O–H groups in total. The average Bonchev–Trinajstić information content (AvgIpc) is 2.32. The standard InChI is InChI=1S/C13H8BrF3O/c14-11-6-5-8(7-12(11)18)9-3-1-2-4-10(9)13(15,16)17/h1-7,18H. The van der Waals surface area contributed by atoms with Crippen LogP contribution in [0, 0.1) is 0 Å². The third kappa shape index (κ3) is 2.51. The quantitative estimate of drug-likeness (QED) is 0.798. The summed E-state index contributed by atoms with van der Waals surface area (Å²) in [7, 11) is 0. The molecule has 2 rings (SSSR count). The fraction of sp³-hybridized carbons (Fsp3) is 0.0769. The summed E-state index contributed by atoms with van der Waals surface area (Å²) in [5.41, 5.74) is -0.344. The van der Waals surface area contributed by atoms with E-state index < -0.39 is 11.7 Å². The van der Waals surface area contributed by atoms with Crippen molar-refractivity contribution in [2.24, 2.45) is 0 Å². The molecule has 2 aromatic carbocycles. The number of alkyl halides is 3. The number of halogens is 4. The molecule has 18 heavy (non-hydrogen) atoms. The first-order valence-electron chi connectivity index (χ1n) is 5.04. The SMILES string of the molecule is Oc1cc(-c2ccccc2C(F)(F)F)ccc1Br. The Kier molecular flexibility index (Phi) is 3.34. The Morgan fingerprint density at radius 1 is 1.00 bits per heavy atom. The third-order valence-electron chi connectivity index (χ3n) is 2.49. The maximum atomic E-state index is 12.8. The molecule has 0 bridgehead atoms. The molecular formula is C13H8BrF3O. The van der Waals surface area contributed by atoms with Gasteiger partial charge in [-0.05, 0) is 45.3 Å². The number of aromatic hydroxyl groups is 1. The predicted octanol–water partition coefficient (Wildman–Crippen LogP) is 4.84. The van der Waals surface area contributed by atoms with Crippen molar-refractivity contribution in [2.75, 3.05) is 0 Å². The molecular weight excluding hydrogens is 309 g/mol. The van der Waals surface area contributed by atoms with Gasteiger partial charge in [0.25, 0.3) is 0 Å². The predicted molar refractivity (Wildman–Crippen MR) is 66.2 cm³/mol. The van der Waals surface area contributed by atoms with E-state index in [0.29, 0.717) is 10.0 Å². The van der Waals surface area contributed by atoms with E-state index in [9.17, 15) is 18.3 Å². The van der Waals surface area contributed by atoms with Crippen LogP contribution in [0.1, 0.15) is 5.56 Å². The zero-order valence-corrected chi connectivity index (χ0v) is 10.6. The largest absolute Gasteiger partial charge is 0.507 e. The van der Waals surface area contributed by atoms with Crippen LogP contribution >= 0.6 is 15.9 Å². The first kappa shape index (κ1) is 13.0. The summed E-state index contributed by atoms with van der Waals surface area (Å²) in [6, 6.07) is 9.61. The van der Waals surface area contributed by atoms with E-state index in [0.717, 1.165) is 6.07 Å². The van der Waals surface area contributed by atoms with Gasteiger partial charge in [-0.2, -0.15) is 13.2 Å². The van der Waals surface area contributed by atoms with Crippen molar-refractivity contribution in [1.82, 2.24) is 0 Å². The Hall–Kier alpha value is -1.49. The van der Waals surface area contributed by atoms with Gasteiger partial charge in [0, 0.05) is 0 Å². The van der Waals surface area contributed by atoms with E-state index in [1.165, 1.54) is 36.4 Å². The molecule has 0 spiro atoms. The van der Waals surface area contributed by atoms with Crippen LogP contribution in [0.4, 0.5) is 13.2 Å². The fourth-order valence-corrected chi connectivity index (χ4v) is 1.91. The zero-order chi connectivity index (χ0) is 13.3. The smallest absolute Gasteiger partial charge is 0.417 e. The van der Waals surface area contributed by atoms with Gasteiger partial charge in [0.15, 0.2) is 0 Å². The van der Waals surface area contributed by atoms with E-state index in [-0.39, 0.29) is 11.3 Å². The van der Waals surface area contributed by atoms with Crippen molar-refractivity contribution in [2.45, 2.75) is 6.18 Å². The van der Waals surface area contributed by atoms with Gasteiger partial charge in [-0.25, -0.2) is 0 Å². The van der Waals surface area contributed by atoms with Crippen LogP contribution in [0.15, 0.2) is 46.9 Å². The number of phenols is 1. The molecule has 0 aromatic heterocycles. The molecule has 0 aliphatic heterocycles. The van der Waals surface area contributed by atoms with Gasteiger partial charge in [0.05, 0.1) is 10.0 Å². The lowest BCUT2D eigenvalue weighted by Crippen LogP contribution is -2.06. The van der Waals surface area contributed by atoms with Gasteiger partial charge >= 0.3 is 6.18 Å². The first-order valence-corrected chi connectivity index (χ1v) is 5.84. The molecule has 2 aromatic rings. The minimum absolute atomic E-state index is 0.0489. The summed E-state index contributed by atoms with van der Waals surface area (Å²) in [5, 5.41) is 9.53. The molecule has 5 heteroatoms. The highest BCUT2D eigenvalue weighted by atomic mass is 79.9. The average molecular weight is 317 g/mol. The molecule has 0 heterocycles. The number of phenolic OH excluding ortho intramolecular Hbond substituents is 1. The normalized spacial score (nSPS) is 11.6. The van der Waals surface area contributed by atoms with Gasteiger partial charge in [-0.15, -0.1) is 0 Å². The molecule has 94 valence electrons. The monoisotopic (exact) mass is 316 g/mol. The molecule has 0 amide bonds. The second-order valence-corrected chi connectivity index (χ2v) is 4.56. The maximum Gasteiger partial charge on any atom is 0.417 e. The van der Waals surface area contributed by atoms with Crippen molar-refractivity contribution in [1.29, 1.82) is 0 Å². The summed E-state index contributed by atoms with van der Waals surface area (Å²) in [6.45, 7) is 0. The summed E-state index contributed by atoms with van der Waals surface area (Å²) in [5.74, 6) is -0.0931. The highest BCUT2D eigenvalue weighted by Gasteiger charge is 2.33. The lowest BCUT2D eigenvalue weighted by atomic mass is 9.99. The summed E-state index contributed by atoms with van der Waals surface area (Å²) in [4.78, 5) is 0. The number of hydrogen-bond acceptors (Lipinski definition) is 1. The second-order valence-electron chi connectivity index (χ2n) is 3.71. The fourth-order valence-electron chi connectivity index (χ4n) is 1.66. The maximum absolute atomic E-state index is 12.8. The number of rotatable bonds is 1. The zero-order valence-electron chi connectivity index (χ0n) is 9.00. The van der Waals surface area contributed by atoms with Gasteiger partial charge in [0.2, 0.25) is 0 Å². The van der Waals surface area contributed by atoms with Crippen molar-refractivity contribution in [3.63, 3.8) is 0 Å². The summed E-state index contributed by atoms with van der Waals surface area (Å²) >= 11 is 3.09. The lowest BCUT2D eigenvalue weighted by Gasteiger charge is -2.13. The van der Waals surface area contributed by atoms with Gasteiger partial charge in [-0.3, -0.25) is 0 Å². The molecule has 0 aliphatic rings. The molecule has 0 aliphatic carbocycles. The summed E-state index contributed by atoms with van der Waals surface area (Å²) < 4.78 is 39.0. The molecule has 0 saturated carbocycles. The number of benzene rings is 2. The highest BCUT2D eigenvalue weighted by molar-refractivity contribution is 9.10. The Morgan fingerprint density at radius 3 is 2.28 bits per heavy atom. The van der Waals surface area contributed by atoms with Crippen LogP contribution in [0.3, 0.4) is 0 Å². The van der Waals surface area contributed by atoms with E-state index >= 15 is 0 Å². The van der Waals surface area contributed by atoms with Crippen LogP contribution in [-0.4, -0.2) is 5.11 Å². The van der Waals surface area contributed by atoms with Crippen molar-refractivity contribution < 1.29 is 18.3 Å². The Balaban J connectivity index is 2.61. The lowest BCUT2D eigenvalue weighted by molar-refractivity contribution is -0.137. The summed E-state index contributed by atoms with van der Waals surface area (Å²) in [6.07, 6.45) is -4.42. The van der Waals surface area contributed by atoms with Crippen molar-refractivity contribution >= 4 is 15.9 Å². The van der Waals surface area contributed by atoms with Crippen molar-refractivity contribution in [3.8, 4) is 16.9 Å². The van der Waals surface area contributed by atoms with E-state index in [1.807, 2.05) is 0 Å². The van der Waals surface area contributed by atoms with Gasteiger partial charge in [-0.1, -0.05) is 24.3 Å². The first-order chi connectivity index (χ1) is 8.39. The topological polar surface area (TPSA) is 20.2 Å². The molecule has 0 saturated heterocycles. The number of hydrogen-bond donors (Lipinski definition) is 1. The Bertz CT molecular complexity index is 579. The molecule has 1 nitrogen and oxygen atoms in total. The molecule has 0 radical (unpaired) electrons. The highest BCUT2D eigenvalue weighted by Crippen LogP contribution is 2.38. The second kappa shape index (κ2) is 4.65. The van der Waals surface area contributed by atoms with E-state index in [2.05, 4.69) is 15.9 Å². The van der Waals surface area contributed by atoms with Crippen LogP contribution in [0.5, 0.6) is 5.75 Å². The van der Waals surface area contributed by atoms with Crippen LogP contribution in [0.25, 0.3) is 11.1 Å². The van der Waals surface area contributed by atoms with E-state index in [1.54, 1.807) is 0 Å². The van der Waals surface area contributed by atoms with Gasteiger partial charge in [0.1, 0.15) is 5.75 Å². The molecule has 0 unspecified atom stereocenters. The van der Waals surface area contributed by atoms with Gasteiger partial charge < -0.3 is 5.11 Å². The Morgan fingerprint density at radius 2 is 1.67 bits per heavy atom. The molecule has 0 atom stereocenters. The molecule has 0 fully saturated rings. The van der Waals surface area contributed by atoms with Crippen LogP contribution < -0.4 is 0 Å². The minimum atomic E-state index is -4.42. The van der Waals surface area contributed by atoms with Crippen LogP contribution in [0.2, 0.25) is 0 Å². The van der Waals surface area contributed by atoms with Crippen molar-refractivity contribution in [3.05, 3.63) is 52.5 Å². The Labute approximate surface area is 110 Å². The van der Waals surface area contributed by atoms with Crippen LogP contribution in [-0.2, 0) is 6.18 Å².